The van der Waals surface area contributed by atoms with E-state index in [0.29, 0.717) is 0 Å². The van der Waals surface area contributed by atoms with Crippen LogP contribution in [-0.4, -0.2) is 44.2 Å². The fraction of sp³-hybridized carbons (Fsp3) is 0. The number of hydrogen-bond acceptors (Lipinski definition) is 1. The first-order chi connectivity index (χ1) is 6.97. The summed E-state index contributed by atoms with van der Waals surface area (Å²) in [6.45, 7) is 0. The quantitative estimate of drug-likeness (QED) is 0.486. The van der Waals surface area contributed by atoms with Crippen LogP contribution in [0.25, 0.3) is 10.8 Å². The van der Waals surface area contributed by atoms with Gasteiger partial charge in [0.05, 0.1) is 0 Å². The molecule has 0 aliphatic carbocycles. The summed E-state index contributed by atoms with van der Waals surface area (Å²) < 4.78 is 8.88. The summed E-state index contributed by atoms with van der Waals surface area (Å²) in [7, 11) is -4.64. The summed E-state index contributed by atoms with van der Waals surface area (Å²) >= 11 is 0. The molecule has 0 saturated carbocycles. The zero-order chi connectivity index (χ0) is 11.3. The Morgan fingerprint density at radius 3 is 1.12 bits per heavy atom. The van der Waals surface area contributed by atoms with Gasteiger partial charge in [-0.3, -0.25) is 0 Å². The monoisotopic (exact) mass is 250 g/mol. The molecule has 0 amide bonds. The molecule has 0 unspecified atom stereocenters. The third-order valence-corrected chi connectivity index (χ3v) is 1.66. The predicted octanol–water partition coefficient (Wildman–Crippen LogP) is 1.26. The molecule has 3 N–H and O–H groups in total. The maximum absolute atomic E-state index is 8.88. The van der Waals surface area contributed by atoms with Gasteiger partial charge in [-0.15, -0.1) is 0 Å². The Labute approximate surface area is 115 Å². The van der Waals surface area contributed by atoms with Gasteiger partial charge < -0.3 is 14.7 Å². The molecule has 4 nitrogen and oxygen atoms in total. The summed E-state index contributed by atoms with van der Waals surface area (Å²) in [6, 6.07) is 16.7. The van der Waals surface area contributed by atoms with Crippen LogP contribution in [0.3, 0.4) is 0 Å². The van der Waals surface area contributed by atoms with Gasteiger partial charge in [0.15, 0.2) is 0 Å². The second-order valence-electron chi connectivity index (χ2n) is 2.86. The number of benzene rings is 2. The van der Waals surface area contributed by atoms with Gasteiger partial charge in [0.25, 0.3) is 0 Å². The van der Waals surface area contributed by atoms with Gasteiger partial charge in [-0.25, -0.2) is 4.57 Å². The summed E-state index contributed by atoms with van der Waals surface area (Å²) in [5.74, 6) is 0. The van der Waals surface area contributed by atoms with Crippen LogP contribution in [0.5, 0.6) is 0 Å². The van der Waals surface area contributed by atoms with Crippen molar-refractivity contribution >= 4 is 48.2 Å². The van der Waals surface area contributed by atoms with Gasteiger partial charge in [-0.1, -0.05) is 48.5 Å². The minimum atomic E-state index is -4.64. The van der Waals surface area contributed by atoms with Crippen molar-refractivity contribution in [3.63, 3.8) is 0 Å². The van der Waals surface area contributed by atoms with Crippen molar-refractivity contribution in [2.75, 3.05) is 0 Å². The van der Waals surface area contributed by atoms with Gasteiger partial charge in [0.2, 0.25) is 0 Å². The van der Waals surface area contributed by atoms with Crippen LogP contribution < -0.4 is 0 Å². The molecule has 0 saturated heterocycles. The van der Waals surface area contributed by atoms with Crippen molar-refractivity contribution in [2.45, 2.75) is 0 Å². The minimum absolute atomic E-state index is 0. The Bertz CT molecular complexity index is 409. The second kappa shape index (κ2) is 7.20. The van der Waals surface area contributed by atoms with Crippen molar-refractivity contribution < 1.29 is 19.2 Å². The summed E-state index contributed by atoms with van der Waals surface area (Å²) in [5.41, 5.74) is 0. The molecule has 0 aromatic heterocycles. The van der Waals surface area contributed by atoms with Crippen LogP contribution in [0.4, 0.5) is 0 Å². The third kappa shape index (κ3) is 7.14. The average molecular weight is 250 g/mol. The summed E-state index contributed by atoms with van der Waals surface area (Å²) in [5, 5.41) is 2.62. The fourth-order valence-electron chi connectivity index (χ4n) is 1.13. The molecule has 0 spiro atoms. The van der Waals surface area contributed by atoms with Crippen molar-refractivity contribution in [1.82, 2.24) is 0 Å². The molecule has 0 radical (unpaired) electrons. The van der Waals surface area contributed by atoms with Gasteiger partial charge in [-0.2, -0.15) is 0 Å². The molecule has 0 aliphatic rings. The van der Waals surface area contributed by atoms with E-state index < -0.39 is 7.82 Å². The predicted molar refractivity (Wildman–Crippen MR) is 65.4 cm³/mol. The minimum Gasteiger partial charge on any atom is -0.0616 e. The maximum atomic E-state index is 8.88. The molecule has 0 fully saturated rings. The Morgan fingerprint density at radius 2 is 0.938 bits per heavy atom. The zero-order valence-electron chi connectivity index (χ0n) is 7.82. The van der Waals surface area contributed by atoms with Gasteiger partial charge in [0.1, 0.15) is 0 Å². The van der Waals surface area contributed by atoms with Crippen LogP contribution in [0.2, 0.25) is 0 Å². The van der Waals surface area contributed by atoms with Crippen molar-refractivity contribution in [2.24, 2.45) is 0 Å². The first kappa shape index (κ1) is 15.8. The van der Waals surface area contributed by atoms with Crippen LogP contribution in [0.1, 0.15) is 0 Å². The average Bonchev–Trinajstić information content (AvgIpc) is 2.16. The summed E-state index contributed by atoms with van der Waals surface area (Å²) in [4.78, 5) is 21.6. The van der Waals surface area contributed by atoms with Gasteiger partial charge >= 0.3 is 37.4 Å². The second-order valence-corrected chi connectivity index (χ2v) is 3.89. The molecule has 0 aliphatic heterocycles. The molecule has 16 heavy (non-hydrogen) atoms. The molecule has 0 heterocycles. The molecule has 0 atom stereocenters. The summed E-state index contributed by atoms with van der Waals surface area (Å²) in [6.07, 6.45) is 0. The smallest absolute Gasteiger partial charge is 0.0184 e. The number of phosphoric acid groups is 1. The SMILES string of the molecule is O=P(O)(O)O.[NaH].c1ccc2ccccc2c1. The molecule has 2 aromatic rings. The van der Waals surface area contributed by atoms with E-state index in [4.69, 9.17) is 19.2 Å². The largest absolute Gasteiger partial charge is 0.0616 e. The molecule has 2 rings (SSSR count). The van der Waals surface area contributed by atoms with E-state index in [2.05, 4.69) is 48.5 Å². The maximum Gasteiger partial charge on any atom is -0.0184 e. The molecule has 82 valence electrons. The van der Waals surface area contributed by atoms with Gasteiger partial charge in [0, 0.05) is 0 Å². The molecule has 0 bridgehead atoms. The van der Waals surface area contributed by atoms with E-state index in [1.54, 1.807) is 0 Å². The molecule has 2 aromatic carbocycles. The van der Waals surface area contributed by atoms with Crippen LogP contribution in [-0.2, 0) is 4.57 Å². The van der Waals surface area contributed by atoms with E-state index in [1.165, 1.54) is 10.8 Å². The number of fused-ring (bicyclic) bond motifs is 1. The first-order valence-electron chi connectivity index (χ1n) is 4.19. The van der Waals surface area contributed by atoms with Crippen LogP contribution >= 0.6 is 7.82 Å². The van der Waals surface area contributed by atoms with E-state index in [1.807, 2.05) is 0 Å². The van der Waals surface area contributed by atoms with Gasteiger partial charge in [-0.05, 0) is 10.8 Å². The van der Waals surface area contributed by atoms with E-state index in [0.717, 1.165) is 0 Å². The Morgan fingerprint density at radius 1 is 0.750 bits per heavy atom. The topological polar surface area (TPSA) is 77.8 Å². The number of hydrogen-bond donors (Lipinski definition) is 3. The van der Waals surface area contributed by atoms with Crippen LogP contribution in [0, 0.1) is 0 Å². The van der Waals surface area contributed by atoms with E-state index >= 15 is 0 Å². The fourth-order valence-corrected chi connectivity index (χ4v) is 1.13. The van der Waals surface area contributed by atoms with Crippen molar-refractivity contribution in [3.8, 4) is 0 Å². The Balaban J connectivity index is 0.000000330. The van der Waals surface area contributed by atoms with Crippen molar-refractivity contribution in [3.05, 3.63) is 48.5 Å². The third-order valence-electron chi connectivity index (χ3n) is 1.66. The molecular weight excluding hydrogens is 238 g/mol. The van der Waals surface area contributed by atoms with E-state index in [-0.39, 0.29) is 29.6 Å². The standard InChI is InChI=1S/C10H8.Na.H3O4P.H/c1-2-6-10-8-4-3-7-9(10)5-1;;1-5(2,3)4;/h1-8H;;(H3,1,2,3,4);. The van der Waals surface area contributed by atoms with E-state index in [9.17, 15) is 0 Å². The Kier molecular flexibility index (Phi) is 7.11. The Hall–Kier alpha value is -0.190. The molecular formula is C10H12NaO4P. The van der Waals surface area contributed by atoms with Crippen molar-refractivity contribution in [1.29, 1.82) is 0 Å². The number of rotatable bonds is 0. The van der Waals surface area contributed by atoms with Crippen LogP contribution in [0.15, 0.2) is 48.5 Å². The normalized spacial score (nSPS) is 9.94. The zero-order valence-corrected chi connectivity index (χ0v) is 8.71. The molecule has 6 heteroatoms. The first-order valence-corrected chi connectivity index (χ1v) is 5.75.